The van der Waals surface area contributed by atoms with Crippen LogP contribution in [0.15, 0.2) is 0 Å². The summed E-state index contributed by atoms with van der Waals surface area (Å²) in [5, 5.41) is 0. The van der Waals surface area contributed by atoms with Crippen LogP contribution >= 0.6 is 0 Å². The van der Waals surface area contributed by atoms with Gasteiger partial charge in [0, 0.05) is 13.2 Å². The number of carbonyl (C=O) groups is 1. The van der Waals surface area contributed by atoms with Gasteiger partial charge in [-0.3, -0.25) is 4.79 Å². The zero-order chi connectivity index (χ0) is 13.6. The van der Waals surface area contributed by atoms with E-state index in [-0.39, 0.29) is 11.9 Å². The number of carbonyl (C=O) groups excluding carboxylic acids is 1. The standard InChI is InChI=1S/C15H30O3/c1-4-7-10-14(6-3)15(16)18-13-9-8-12-17-11-5-2/h14H,4-13H2,1-3H3. The molecule has 3 nitrogen and oxygen atoms in total. The van der Waals surface area contributed by atoms with Gasteiger partial charge < -0.3 is 9.47 Å². The Kier molecular flexibility index (Phi) is 12.5. The summed E-state index contributed by atoms with van der Waals surface area (Å²) in [6, 6.07) is 0. The van der Waals surface area contributed by atoms with E-state index in [9.17, 15) is 4.79 Å². The molecule has 0 aliphatic carbocycles. The third-order valence-electron chi connectivity index (χ3n) is 3.01. The Bertz CT molecular complexity index is 192. The highest BCUT2D eigenvalue weighted by molar-refractivity contribution is 5.72. The van der Waals surface area contributed by atoms with Crippen LogP contribution in [0.1, 0.15) is 65.7 Å². The van der Waals surface area contributed by atoms with Crippen LogP contribution in [-0.4, -0.2) is 25.8 Å². The van der Waals surface area contributed by atoms with E-state index in [0.29, 0.717) is 6.61 Å². The average Bonchev–Trinajstić information content (AvgIpc) is 2.38. The maximum absolute atomic E-state index is 11.8. The first-order chi connectivity index (χ1) is 8.76. The summed E-state index contributed by atoms with van der Waals surface area (Å²) in [6.07, 6.45) is 7.03. The highest BCUT2D eigenvalue weighted by Crippen LogP contribution is 2.14. The van der Waals surface area contributed by atoms with Crippen LogP contribution in [0.3, 0.4) is 0 Å². The van der Waals surface area contributed by atoms with Crippen molar-refractivity contribution >= 4 is 5.97 Å². The molecule has 0 heterocycles. The number of hydrogen-bond donors (Lipinski definition) is 0. The Hall–Kier alpha value is -0.570. The molecule has 0 spiro atoms. The minimum atomic E-state index is -0.0135. The van der Waals surface area contributed by atoms with E-state index in [1.165, 1.54) is 0 Å². The maximum Gasteiger partial charge on any atom is 0.308 e. The number of esters is 1. The third-order valence-corrected chi connectivity index (χ3v) is 3.01. The van der Waals surface area contributed by atoms with E-state index < -0.39 is 0 Å². The second kappa shape index (κ2) is 12.9. The first-order valence-electron chi connectivity index (χ1n) is 7.50. The van der Waals surface area contributed by atoms with E-state index in [1.807, 2.05) is 0 Å². The van der Waals surface area contributed by atoms with E-state index >= 15 is 0 Å². The summed E-state index contributed by atoms with van der Waals surface area (Å²) < 4.78 is 10.7. The molecule has 1 atom stereocenters. The molecule has 0 amide bonds. The summed E-state index contributed by atoms with van der Waals surface area (Å²) in [7, 11) is 0. The summed E-state index contributed by atoms with van der Waals surface area (Å²) in [4.78, 5) is 11.8. The van der Waals surface area contributed by atoms with Gasteiger partial charge in [0.05, 0.1) is 12.5 Å². The largest absolute Gasteiger partial charge is 0.465 e. The molecule has 0 aromatic heterocycles. The van der Waals surface area contributed by atoms with Crippen LogP contribution in [0, 0.1) is 5.92 Å². The van der Waals surface area contributed by atoms with Gasteiger partial charge in [0.15, 0.2) is 0 Å². The van der Waals surface area contributed by atoms with E-state index in [2.05, 4.69) is 20.8 Å². The molecule has 0 aromatic carbocycles. The molecular formula is C15H30O3. The molecule has 0 bridgehead atoms. The topological polar surface area (TPSA) is 35.5 Å². The van der Waals surface area contributed by atoms with Crippen molar-refractivity contribution in [2.24, 2.45) is 5.92 Å². The van der Waals surface area contributed by atoms with Gasteiger partial charge >= 0.3 is 5.97 Å². The van der Waals surface area contributed by atoms with Crippen molar-refractivity contribution in [2.75, 3.05) is 19.8 Å². The van der Waals surface area contributed by atoms with Gasteiger partial charge in [0.25, 0.3) is 0 Å². The molecule has 0 rings (SSSR count). The van der Waals surface area contributed by atoms with Crippen molar-refractivity contribution in [3.63, 3.8) is 0 Å². The number of rotatable bonds is 12. The smallest absolute Gasteiger partial charge is 0.308 e. The Morgan fingerprint density at radius 3 is 2.28 bits per heavy atom. The molecule has 0 aliphatic heterocycles. The Balaban J connectivity index is 3.49. The van der Waals surface area contributed by atoms with Gasteiger partial charge in [0.2, 0.25) is 0 Å². The summed E-state index contributed by atoms with van der Waals surface area (Å²) in [5.74, 6) is 0.0849. The van der Waals surface area contributed by atoms with E-state index in [4.69, 9.17) is 9.47 Å². The predicted molar refractivity (Wildman–Crippen MR) is 74.6 cm³/mol. The molecule has 0 N–H and O–H groups in total. The fourth-order valence-corrected chi connectivity index (χ4v) is 1.78. The molecule has 0 aromatic rings. The minimum absolute atomic E-state index is 0.0135. The van der Waals surface area contributed by atoms with Crippen LogP contribution in [0.2, 0.25) is 0 Å². The SMILES string of the molecule is CCCCC(CC)C(=O)OCCCCOCCC. The van der Waals surface area contributed by atoms with Gasteiger partial charge in [-0.05, 0) is 32.1 Å². The lowest BCUT2D eigenvalue weighted by Gasteiger charge is -2.13. The average molecular weight is 258 g/mol. The summed E-state index contributed by atoms with van der Waals surface area (Å²) in [5.41, 5.74) is 0. The second-order valence-electron chi connectivity index (χ2n) is 4.73. The molecule has 1 unspecified atom stereocenters. The normalized spacial score (nSPS) is 12.4. The van der Waals surface area contributed by atoms with Crippen molar-refractivity contribution in [1.29, 1.82) is 0 Å². The quantitative estimate of drug-likeness (QED) is 0.393. The van der Waals surface area contributed by atoms with Crippen molar-refractivity contribution in [3.05, 3.63) is 0 Å². The first kappa shape index (κ1) is 17.4. The number of unbranched alkanes of at least 4 members (excludes halogenated alkanes) is 2. The molecule has 0 radical (unpaired) electrons. The Morgan fingerprint density at radius 2 is 1.67 bits per heavy atom. The van der Waals surface area contributed by atoms with Gasteiger partial charge in [-0.25, -0.2) is 0 Å². The molecule has 18 heavy (non-hydrogen) atoms. The lowest BCUT2D eigenvalue weighted by molar-refractivity contribution is -0.149. The monoisotopic (exact) mass is 258 g/mol. The zero-order valence-corrected chi connectivity index (χ0v) is 12.4. The highest BCUT2D eigenvalue weighted by Gasteiger charge is 2.16. The first-order valence-corrected chi connectivity index (χ1v) is 7.50. The lowest BCUT2D eigenvalue weighted by atomic mass is 10.00. The van der Waals surface area contributed by atoms with Crippen molar-refractivity contribution in [2.45, 2.75) is 65.7 Å². The van der Waals surface area contributed by atoms with Crippen molar-refractivity contribution in [3.8, 4) is 0 Å². The minimum Gasteiger partial charge on any atom is -0.465 e. The molecule has 0 saturated heterocycles. The Labute approximate surface area is 112 Å². The number of ether oxygens (including phenoxy) is 2. The van der Waals surface area contributed by atoms with Crippen LogP contribution < -0.4 is 0 Å². The highest BCUT2D eigenvalue weighted by atomic mass is 16.5. The van der Waals surface area contributed by atoms with Crippen LogP contribution in [0.25, 0.3) is 0 Å². The molecule has 3 heteroatoms. The predicted octanol–water partition coefficient (Wildman–Crippen LogP) is 3.95. The Morgan fingerprint density at radius 1 is 0.944 bits per heavy atom. The molecule has 108 valence electrons. The van der Waals surface area contributed by atoms with Crippen LogP contribution in [-0.2, 0) is 14.3 Å². The van der Waals surface area contributed by atoms with Crippen LogP contribution in [0.4, 0.5) is 0 Å². The van der Waals surface area contributed by atoms with Gasteiger partial charge in [-0.15, -0.1) is 0 Å². The van der Waals surface area contributed by atoms with Gasteiger partial charge in [-0.1, -0.05) is 33.6 Å². The van der Waals surface area contributed by atoms with Crippen molar-refractivity contribution in [1.82, 2.24) is 0 Å². The van der Waals surface area contributed by atoms with Crippen molar-refractivity contribution < 1.29 is 14.3 Å². The summed E-state index contributed by atoms with van der Waals surface area (Å²) in [6.45, 7) is 8.45. The lowest BCUT2D eigenvalue weighted by Crippen LogP contribution is -2.18. The zero-order valence-electron chi connectivity index (χ0n) is 12.4. The van der Waals surface area contributed by atoms with E-state index in [1.54, 1.807) is 0 Å². The van der Waals surface area contributed by atoms with Gasteiger partial charge in [0.1, 0.15) is 0 Å². The molecular weight excluding hydrogens is 228 g/mol. The second-order valence-corrected chi connectivity index (χ2v) is 4.73. The fourth-order valence-electron chi connectivity index (χ4n) is 1.78. The summed E-state index contributed by atoms with van der Waals surface area (Å²) >= 11 is 0. The molecule has 0 fully saturated rings. The number of hydrogen-bond acceptors (Lipinski definition) is 3. The molecule has 0 aliphatic rings. The third kappa shape index (κ3) is 9.46. The fraction of sp³-hybridized carbons (Fsp3) is 0.933. The molecule has 0 saturated carbocycles. The van der Waals surface area contributed by atoms with Crippen LogP contribution in [0.5, 0.6) is 0 Å². The maximum atomic E-state index is 11.8. The van der Waals surface area contributed by atoms with E-state index in [0.717, 1.165) is 58.2 Å². The van der Waals surface area contributed by atoms with Gasteiger partial charge in [-0.2, -0.15) is 0 Å².